The number of carbonyl (C=O) groups is 1. The number of nitrogens with zero attached hydrogens (tertiary/aromatic N) is 4. The van der Waals surface area contributed by atoms with Gasteiger partial charge in [0.1, 0.15) is 16.0 Å². The first-order valence-corrected chi connectivity index (χ1v) is 9.04. The van der Waals surface area contributed by atoms with E-state index in [1.165, 1.54) is 18.4 Å². The van der Waals surface area contributed by atoms with Gasteiger partial charge in [0.15, 0.2) is 11.5 Å². The van der Waals surface area contributed by atoms with Gasteiger partial charge in [-0.3, -0.25) is 0 Å². The van der Waals surface area contributed by atoms with Crippen molar-refractivity contribution in [1.29, 1.82) is 0 Å². The van der Waals surface area contributed by atoms with E-state index in [1.807, 2.05) is 18.4 Å². The van der Waals surface area contributed by atoms with E-state index in [-0.39, 0.29) is 5.97 Å². The molecule has 0 unspecified atom stereocenters. The van der Waals surface area contributed by atoms with Crippen LogP contribution < -0.4 is 0 Å². The highest BCUT2D eigenvalue weighted by Crippen LogP contribution is 2.34. The van der Waals surface area contributed by atoms with Crippen molar-refractivity contribution in [1.82, 2.24) is 19.6 Å². The van der Waals surface area contributed by atoms with E-state index in [0.29, 0.717) is 16.3 Å². The lowest BCUT2D eigenvalue weighted by Crippen LogP contribution is -1.99. The molecule has 9 heteroatoms. The number of halogens is 1. The summed E-state index contributed by atoms with van der Waals surface area (Å²) in [4.78, 5) is 23.2. The number of esters is 1. The summed E-state index contributed by atoms with van der Waals surface area (Å²) in [5, 5.41) is 7.31. The van der Waals surface area contributed by atoms with E-state index in [2.05, 4.69) is 31.0 Å². The van der Waals surface area contributed by atoms with Gasteiger partial charge in [0.25, 0.3) is 0 Å². The SMILES string of the molecule is COC(=O)c1sc2ncn3nc(-c4cc(Br)cs4)nc3c2c1C. The van der Waals surface area contributed by atoms with Gasteiger partial charge in [0, 0.05) is 9.85 Å². The Bertz CT molecular complexity index is 1070. The Balaban J connectivity index is 1.99. The lowest BCUT2D eigenvalue weighted by atomic mass is 10.2. The largest absolute Gasteiger partial charge is 0.465 e. The number of carbonyl (C=O) groups excluding carboxylic acids is 1. The van der Waals surface area contributed by atoms with Crippen LogP contribution in [0.4, 0.5) is 0 Å². The Labute approximate surface area is 146 Å². The average Bonchev–Trinajstić information content (AvgIpc) is 3.22. The van der Waals surface area contributed by atoms with Gasteiger partial charge in [-0.05, 0) is 34.5 Å². The molecule has 116 valence electrons. The number of ether oxygens (including phenoxy) is 1. The average molecular weight is 409 g/mol. The molecule has 23 heavy (non-hydrogen) atoms. The fourth-order valence-corrected chi connectivity index (χ4v) is 4.77. The fraction of sp³-hybridized carbons (Fsp3) is 0.143. The monoisotopic (exact) mass is 408 g/mol. The molecule has 4 aromatic rings. The Morgan fingerprint density at radius 2 is 2.26 bits per heavy atom. The summed E-state index contributed by atoms with van der Waals surface area (Å²) in [7, 11) is 1.37. The van der Waals surface area contributed by atoms with Gasteiger partial charge in [-0.25, -0.2) is 19.3 Å². The molecule has 0 atom stereocenters. The minimum atomic E-state index is -0.356. The summed E-state index contributed by atoms with van der Waals surface area (Å²) < 4.78 is 7.48. The molecule has 0 fully saturated rings. The molecule has 4 aromatic heterocycles. The van der Waals surface area contributed by atoms with E-state index in [9.17, 15) is 4.79 Å². The summed E-state index contributed by atoms with van der Waals surface area (Å²) in [5.74, 6) is 0.283. The van der Waals surface area contributed by atoms with Crippen LogP contribution in [0.2, 0.25) is 0 Å². The van der Waals surface area contributed by atoms with Gasteiger partial charge in [-0.2, -0.15) is 0 Å². The molecule has 0 radical (unpaired) electrons. The minimum absolute atomic E-state index is 0.356. The van der Waals surface area contributed by atoms with Gasteiger partial charge < -0.3 is 4.74 Å². The van der Waals surface area contributed by atoms with Gasteiger partial charge in [0.05, 0.1) is 17.4 Å². The molecule has 0 aromatic carbocycles. The van der Waals surface area contributed by atoms with Gasteiger partial charge in [-0.15, -0.1) is 27.8 Å². The van der Waals surface area contributed by atoms with Crippen molar-refractivity contribution >= 4 is 60.4 Å². The molecule has 0 aliphatic rings. The van der Waals surface area contributed by atoms with Crippen LogP contribution in [0.5, 0.6) is 0 Å². The van der Waals surface area contributed by atoms with E-state index in [4.69, 9.17) is 4.74 Å². The van der Waals surface area contributed by atoms with E-state index >= 15 is 0 Å². The van der Waals surface area contributed by atoms with Gasteiger partial charge in [-0.1, -0.05) is 0 Å². The Morgan fingerprint density at radius 1 is 1.43 bits per heavy atom. The summed E-state index contributed by atoms with van der Waals surface area (Å²) in [5.41, 5.74) is 1.51. The number of aromatic nitrogens is 4. The molecule has 4 rings (SSSR count). The van der Waals surface area contributed by atoms with Crippen molar-refractivity contribution in [3.63, 3.8) is 0 Å². The maximum absolute atomic E-state index is 11.9. The molecule has 0 saturated heterocycles. The van der Waals surface area contributed by atoms with Crippen LogP contribution in [0.25, 0.3) is 26.6 Å². The standard InChI is InChI=1S/C14H9BrN4O2S2/c1-6-9-12-17-11(8-3-7(15)4-22-8)18-19(12)5-16-13(9)23-10(6)14(20)21-2/h3-5H,1-2H3. The number of hydrogen-bond donors (Lipinski definition) is 0. The molecular weight excluding hydrogens is 400 g/mol. The molecule has 0 saturated carbocycles. The zero-order valence-corrected chi connectivity index (χ0v) is 15.3. The third-order valence-electron chi connectivity index (χ3n) is 3.43. The summed E-state index contributed by atoms with van der Waals surface area (Å²) in [6, 6.07) is 1.98. The smallest absolute Gasteiger partial charge is 0.348 e. The predicted octanol–water partition coefficient (Wildman–Crippen LogP) is 3.93. The summed E-state index contributed by atoms with van der Waals surface area (Å²) in [6.45, 7) is 1.88. The third kappa shape index (κ3) is 2.27. The maximum Gasteiger partial charge on any atom is 0.348 e. The Hall–Kier alpha value is -1.84. The first kappa shape index (κ1) is 14.7. The molecule has 0 aliphatic heterocycles. The zero-order chi connectivity index (χ0) is 16.1. The topological polar surface area (TPSA) is 69.4 Å². The highest BCUT2D eigenvalue weighted by atomic mass is 79.9. The van der Waals surface area contributed by atoms with Crippen molar-refractivity contribution in [2.24, 2.45) is 0 Å². The lowest BCUT2D eigenvalue weighted by molar-refractivity contribution is 0.0605. The van der Waals surface area contributed by atoms with Crippen LogP contribution in [0.15, 0.2) is 22.2 Å². The van der Waals surface area contributed by atoms with Crippen LogP contribution in [0.3, 0.4) is 0 Å². The molecule has 6 nitrogen and oxygen atoms in total. The molecule has 0 amide bonds. The van der Waals surface area contributed by atoms with E-state index in [1.54, 1.807) is 22.2 Å². The molecule has 4 heterocycles. The molecule has 0 N–H and O–H groups in total. The molecular formula is C14H9BrN4O2S2. The number of fused-ring (bicyclic) bond motifs is 3. The lowest BCUT2D eigenvalue weighted by Gasteiger charge is -1.96. The molecule has 0 spiro atoms. The molecule has 0 bridgehead atoms. The van der Waals surface area contributed by atoms with Crippen molar-refractivity contribution in [2.45, 2.75) is 6.92 Å². The highest BCUT2D eigenvalue weighted by molar-refractivity contribution is 9.10. The number of methoxy groups -OCH3 is 1. The first-order chi connectivity index (χ1) is 11.1. The minimum Gasteiger partial charge on any atom is -0.465 e. The predicted molar refractivity (Wildman–Crippen MR) is 93.3 cm³/mol. The van der Waals surface area contributed by atoms with Gasteiger partial charge >= 0.3 is 5.97 Å². The van der Waals surface area contributed by atoms with E-state index < -0.39 is 0 Å². The normalized spacial score (nSPS) is 11.4. The van der Waals surface area contributed by atoms with E-state index in [0.717, 1.165) is 25.1 Å². The fourth-order valence-electron chi connectivity index (χ4n) is 2.36. The Morgan fingerprint density at radius 3 is 2.96 bits per heavy atom. The third-order valence-corrected chi connectivity index (χ3v) is 6.29. The number of hydrogen-bond acceptors (Lipinski definition) is 7. The van der Waals surface area contributed by atoms with Crippen molar-refractivity contribution < 1.29 is 9.53 Å². The molecule has 0 aliphatic carbocycles. The van der Waals surface area contributed by atoms with Crippen LogP contribution >= 0.6 is 38.6 Å². The van der Waals surface area contributed by atoms with Crippen LogP contribution in [0, 0.1) is 6.92 Å². The number of thiophene rings is 2. The number of aryl methyl sites for hydroxylation is 1. The number of rotatable bonds is 2. The second-order valence-electron chi connectivity index (χ2n) is 4.81. The van der Waals surface area contributed by atoms with Crippen LogP contribution in [-0.4, -0.2) is 32.7 Å². The van der Waals surface area contributed by atoms with Crippen molar-refractivity contribution in [2.75, 3.05) is 7.11 Å². The second-order valence-corrected chi connectivity index (χ2v) is 7.63. The zero-order valence-electron chi connectivity index (χ0n) is 12.0. The summed E-state index contributed by atoms with van der Waals surface area (Å²) in [6.07, 6.45) is 1.62. The van der Waals surface area contributed by atoms with Crippen LogP contribution in [-0.2, 0) is 4.74 Å². The van der Waals surface area contributed by atoms with Crippen molar-refractivity contribution in [3.8, 4) is 10.7 Å². The van der Waals surface area contributed by atoms with Crippen LogP contribution in [0.1, 0.15) is 15.2 Å². The quantitative estimate of drug-likeness (QED) is 0.470. The Kier molecular flexibility index (Phi) is 3.43. The summed E-state index contributed by atoms with van der Waals surface area (Å²) >= 11 is 6.31. The first-order valence-electron chi connectivity index (χ1n) is 6.55. The highest BCUT2D eigenvalue weighted by Gasteiger charge is 2.21. The van der Waals surface area contributed by atoms with Gasteiger partial charge in [0.2, 0.25) is 0 Å². The maximum atomic E-state index is 11.9. The van der Waals surface area contributed by atoms with Crippen molar-refractivity contribution in [3.05, 3.63) is 32.7 Å². The second kappa shape index (κ2) is 5.36.